The maximum Gasteiger partial charge on any atom is 0.257 e. The van der Waals surface area contributed by atoms with Crippen LogP contribution in [0.25, 0.3) is 11.3 Å². The number of halogens is 1. The van der Waals surface area contributed by atoms with Gasteiger partial charge in [0.15, 0.2) is 9.84 Å². The highest BCUT2D eigenvalue weighted by molar-refractivity contribution is 7.90. The van der Waals surface area contributed by atoms with Crippen LogP contribution in [0.1, 0.15) is 16.2 Å². The molecule has 0 spiro atoms. The summed E-state index contributed by atoms with van der Waals surface area (Å²) < 4.78 is 23.2. The van der Waals surface area contributed by atoms with E-state index in [0.717, 1.165) is 17.5 Å². The standard InChI is InChI=1S/C19H16ClN3O3S/c1-12-21-9-8-18(22-12)13-4-3-5-14(10-13)23-19(24)16-7-6-15(11-17(16)20)27(2,25)26/h3-11H,1-2H3,(H,23,24). The lowest BCUT2D eigenvalue weighted by atomic mass is 10.1. The van der Waals surface area contributed by atoms with Gasteiger partial charge in [-0.2, -0.15) is 0 Å². The van der Waals surface area contributed by atoms with E-state index in [9.17, 15) is 13.2 Å². The predicted octanol–water partition coefficient (Wildman–Crippen LogP) is 3.76. The summed E-state index contributed by atoms with van der Waals surface area (Å²) in [6.45, 7) is 1.80. The molecular formula is C19H16ClN3O3S. The van der Waals surface area contributed by atoms with Crippen molar-refractivity contribution in [3.63, 3.8) is 0 Å². The molecule has 0 aliphatic rings. The van der Waals surface area contributed by atoms with Crippen LogP contribution >= 0.6 is 11.6 Å². The molecule has 0 fully saturated rings. The molecule has 0 bridgehead atoms. The van der Waals surface area contributed by atoms with Crippen molar-refractivity contribution >= 4 is 33.0 Å². The minimum atomic E-state index is -3.39. The topological polar surface area (TPSA) is 89.0 Å². The fourth-order valence-corrected chi connectivity index (χ4v) is 3.46. The van der Waals surface area contributed by atoms with Gasteiger partial charge in [0.1, 0.15) is 5.82 Å². The summed E-state index contributed by atoms with van der Waals surface area (Å²) in [5, 5.41) is 2.83. The number of amides is 1. The zero-order valence-electron chi connectivity index (χ0n) is 14.6. The Morgan fingerprint density at radius 3 is 2.56 bits per heavy atom. The van der Waals surface area contributed by atoms with E-state index in [1.54, 1.807) is 37.4 Å². The lowest BCUT2D eigenvalue weighted by Gasteiger charge is -2.09. The Labute approximate surface area is 162 Å². The number of aromatic nitrogens is 2. The highest BCUT2D eigenvalue weighted by atomic mass is 35.5. The van der Waals surface area contributed by atoms with Crippen molar-refractivity contribution in [1.29, 1.82) is 0 Å². The second-order valence-electron chi connectivity index (χ2n) is 5.94. The highest BCUT2D eigenvalue weighted by Gasteiger charge is 2.15. The third kappa shape index (κ3) is 4.50. The Bertz CT molecular complexity index is 1130. The minimum Gasteiger partial charge on any atom is -0.322 e. The molecule has 1 amide bonds. The first-order valence-corrected chi connectivity index (χ1v) is 10.2. The smallest absolute Gasteiger partial charge is 0.257 e. The lowest BCUT2D eigenvalue weighted by Crippen LogP contribution is -2.13. The summed E-state index contributed by atoms with van der Waals surface area (Å²) in [6.07, 6.45) is 2.75. The van der Waals surface area contributed by atoms with Crippen LogP contribution < -0.4 is 5.32 Å². The third-order valence-corrected chi connectivity index (χ3v) is 5.23. The van der Waals surface area contributed by atoms with Gasteiger partial charge in [0.2, 0.25) is 0 Å². The summed E-state index contributed by atoms with van der Waals surface area (Å²) in [6, 6.07) is 13.0. The van der Waals surface area contributed by atoms with Crippen molar-refractivity contribution in [1.82, 2.24) is 9.97 Å². The Hall–Kier alpha value is -2.77. The Morgan fingerprint density at radius 2 is 1.89 bits per heavy atom. The molecule has 3 rings (SSSR count). The van der Waals surface area contributed by atoms with Crippen molar-refractivity contribution in [2.24, 2.45) is 0 Å². The summed E-state index contributed by atoms with van der Waals surface area (Å²) in [4.78, 5) is 21.0. The van der Waals surface area contributed by atoms with E-state index < -0.39 is 15.7 Å². The van der Waals surface area contributed by atoms with Crippen molar-refractivity contribution in [2.45, 2.75) is 11.8 Å². The van der Waals surface area contributed by atoms with E-state index >= 15 is 0 Å². The Morgan fingerprint density at radius 1 is 1.11 bits per heavy atom. The SMILES string of the molecule is Cc1nccc(-c2cccc(NC(=O)c3ccc(S(C)(=O)=O)cc3Cl)c2)n1. The monoisotopic (exact) mass is 401 g/mol. The zero-order chi connectivity index (χ0) is 19.6. The van der Waals surface area contributed by atoms with Crippen LogP contribution in [0, 0.1) is 6.92 Å². The average Bonchev–Trinajstić information content (AvgIpc) is 2.61. The van der Waals surface area contributed by atoms with Crippen LogP contribution in [0.15, 0.2) is 59.6 Å². The molecule has 1 heterocycles. The first-order chi connectivity index (χ1) is 12.7. The second kappa shape index (κ2) is 7.46. The number of anilines is 1. The fraction of sp³-hybridized carbons (Fsp3) is 0.105. The lowest BCUT2D eigenvalue weighted by molar-refractivity contribution is 0.102. The minimum absolute atomic E-state index is 0.0604. The van der Waals surface area contributed by atoms with Gasteiger partial charge in [-0.15, -0.1) is 0 Å². The number of sulfone groups is 1. The van der Waals surface area contributed by atoms with Gasteiger partial charge in [0, 0.05) is 23.7 Å². The number of nitrogens with zero attached hydrogens (tertiary/aromatic N) is 2. The van der Waals surface area contributed by atoms with Gasteiger partial charge in [0.05, 0.1) is 21.2 Å². The molecular weight excluding hydrogens is 386 g/mol. The Kier molecular flexibility index (Phi) is 5.25. The van der Waals surface area contributed by atoms with Crippen LogP contribution in [-0.2, 0) is 9.84 Å². The molecule has 0 atom stereocenters. The number of hydrogen-bond donors (Lipinski definition) is 1. The van der Waals surface area contributed by atoms with Gasteiger partial charge >= 0.3 is 0 Å². The summed E-state index contributed by atoms with van der Waals surface area (Å²) >= 11 is 6.10. The van der Waals surface area contributed by atoms with Crippen LogP contribution in [0.3, 0.4) is 0 Å². The number of benzene rings is 2. The quantitative estimate of drug-likeness (QED) is 0.718. The Balaban J connectivity index is 1.86. The molecule has 0 saturated carbocycles. The molecule has 138 valence electrons. The van der Waals surface area contributed by atoms with Gasteiger partial charge in [-0.25, -0.2) is 18.4 Å². The maximum atomic E-state index is 12.5. The second-order valence-corrected chi connectivity index (χ2v) is 8.36. The van der Waals surface area contributed by atoms with E-state index in [1.807, 2.05) is 6.07 Å². The first kappa shape index (κ1) is 19.0. The number of hydrogen-bond acceptors (Lipinski definition) is 5. The largest absolute Gasteiger partial charge is 0.322 e. The summed E-state index contributed by atoms with van der Waals surface area (Å²) in [5.41, 5.74) is 2.33. The average molecular weight is 402 g/mol. The number of rotatable bonds is 4. The van der Waals surface area contributed by atoms with Crippen LogP contribution in [0.2, 0.25) is 5.02 Å². The molecule has 0 aliphatic carbocycles. The molecule has 8 heteroatoms. The molecule has 6 nitrogen and oxygen atoms in total. The van der Waals surface area contributed by atoms with E-state index in [1.165, 1.54) is 18.2 Å². The van der Waals surface area contributed by atoms with Gasteiger partial charge in [-0.3, -0.25) is 4.79 Å². The van der Waals surface area contributed by atoms with Gasteiger partial charge in [-0.05, 0) is 43.3 Å². The number of nitrogens with one attached hydrogen (secondary N) is 1. The van der Waals surface area contributed by atoms with Gasteiger partial charge in [-0.1, -0.05) is 23.7 Å². The predicted molar refractivity (Wildman–Crippen MR) is 105 cm³/mol. The fourth-order valence-electron chi connectivity index (χ4n) is 2.48. The molecule has 2 aromatic carbocycles. The molecule has 3 aromatic rings. The molecule has 27 heavy (non-hydrogen) atoms. The van der Waals surface area contributed by atoms with Gasteiger partial charge < -0.3 is 5.32 Å². The maximum absolute atomic E-state index is 12.5. The zero-order valence-corrected chi connectivity index (χ0v) is 16.2. The molecule has 0 aliphatic heterocycles. The van der Waals surface area contributed by atoms with E-state index in [-0.39, 0.29) is 15.5 Å². The van der Waals surface area contributed by atoms with E-state index in [4.69, 9.17) is 11.6 Å². The van der Waals surface area contributed by atoms with Crippen LogP contribution in [0.4, 0.5) is 5.69 Å². The van der Waals surface area contributed by atoms with Gasteiger partial charge in [0.25, 0.3) is 5.91 Å². The van der Waals surface area contributed by atoms with Crippen molar-refractivity contribution in [3.8, 4) is 11.3 Å². The number of carbonyl (C=O) groups excluding carboxylic acids is 1. The number of carbonyl (C=O) groups is 1. The third-order valence-electron chi connectivity index (χ3n) is 3.81. The van der Waals surface area contributed by atoms with Crippen LogP contribution in [-0.4, -0.2) is 30.5 Å². The van der Waals surface area contributed by atoms with Crippen molar-refractivity contribution in [3.05, 3.63) is 71.1 Å². The number of aryl methyl sites for hydroxylation is 1. The summed E-state index contributed by atoms with van der Waals surface area (Å²) in [5.74, 6) is 0.218. The molecule has 0 saturated heterocycles. The normalized spacial score (nSPS) is 11.2. The van der Waals surface area contributed by atoms with Crippen molar-refractivity contribution < 1.29 is 13.2 Å². The molecule has 0 radical (unpaired) electrons. The summed E-state index contributed by atoms with van der Waals surface area (Å²) in [7, 11) is -3.39. The van der Waals surface area contributed by atoms with Crippen molar-refractivity contribution in [2.75, 3.05) is 11.6 Å². The molecule has 0 unspecified atom stereocenters. The van der Waals surface area contributed by atoms with E-state index in [0.29, 0.717) is 11.5 Å². The molecule has 1 N–H and O–H groups in total. The highest BCUT2D eigenvalue weighted by Crippen LogP contribution is 2.24. The first-order valence-electron chi connectivity index (χ1n) is 7.95. The van der Waals surface area contributed by atoms with Crippen LogP contribution in [0.5, 0.6) is 0 Å². The molecule has 1 aromatic heterocycles. The van der Waals surface area contributed by atoms with E-state index in [2.05, 4.69) is 15.3 Å².